The topological polar surface area (TPSA) is 72.6 Å². The molecule has 124 valence electrons. The molecule has 2 amide bonds. The molecule has 0 aromatic rings. The van der Waals surface area contributed by atoms with Gasteiger partial charge in [-0.15, -0.1) is 0 Å². The molecule has 0 spiro atoms. The maximum absolute atomic E-state index is 12.4. The van der Waals surface area contributed by atoms with Crippen LogP contribution in [0.2, 0.25) is 0 Å². The standard InChI is InChI=1S/C14H26N2O3.C2H6/c1-14(2,3)19-13(18)16(10-9-15)12(17)11-7-5-4-6-8-11;1-2/h11H,4-10,15H2,1-3H3;1-2H3. The van der Waals surface area contributed by atoms with Gasteiger partial charge in [0.1, 0.15) is 5.60 Å². The van der Waals surface area contributed by atoms with Gasteiger partial charge in [-0.25, -0.2) is 9.69 Å². The first kappa shape index (κ1) is 19.9. The number of nitrogens with two attached hydrogens (primary N) is 1. The van der Waals surface area contributed by atoms with Crippen molar-refractivity contribution in [3.8, 4) is 0 Å². The molecule has 0 aromatic carbocycles. The van der Waals surface area contributed by atoms with Crippen molar-refractivity contribution in [3.05, 3.63) is 0 Å². The number of carbonyl (C=O) groups is 2. The van der Waals surface area contributed by atoms with Crippen LogP contribution in [0.5, 0.6) is 0 Å². The van der Waals surface area contributed by atoms with Gasteiger partial charge in [0, 0.05) is 19.0 Å². The van der Waals surface area contributed by atoms with Gasteiger partial charge < -0.3 is 10.5 Å². The van der Waals surface area contributed by atoms with Crippen molar-refractivity contribution in [2.45, 2.75) is 72.3 Å². The Morgan fingerprint density at radius 2 is 1.67 bits per heavy atom. The number of nitrogens with zero attached hydrogens (tertiary/aromatic N) is 1. The van der Waals surface area contributed by atoms with Crippen LogP contribution in [0.25, 0.3) is 0 Å². The highest BCUT2D eigenvalue weighted by Crippen LogP contribution is 2.26. The van der Waals surface area contributed by atoms with Crippen LogP contribution < -0.4 is 5.73 Å². The van der Waals surface area contributed by atoms with E-state index in [0.717, 1.165) is 25.7 Å². The molecule has 0 bridgehead atoms. The summed E-state index contributed by atoms with van der Waals surface area (Å²) in [6.45, 7) is 9.85. The molecular formula is C16H32N2O3. The molecule has 0 radical (unpaired) electrons. The van der Waals surface area contributed by atoms with Crippen LogP contribution in [0.4, 0.5) is 4.79 Å². The fraction of sp³-hybridized carbons (Fsp3) is 0.875. The first-order valence-electron chi connectivity index (χ1n) is 8.09. The lowest BCUT2D eigenvalue weighted by molar-refractivity contribution is -0.135. The SMILES string of the molecule is CC.CC(C)(C)OC(=O)N(CCN)C(=O)C1CCCCC1. The molecule has 1 aliphatic carbocycles. The highest BCUT2D eigenvalue weighted by atomic mass is 16.6. The van der Waals surface area contributed by atoms with E-state index in [1.807, 2.05) is 13.8 Å². The smallest absolute Gasteiger partial charge is 0.417 e. The van der Waals surface area contributed by atoms with Gasteiger partial charge >= 0.3 is 6.09 Å². The average molecular weight is 300 g/mol. The summed E-state index contributed by atoms with van der Waals surface area (Å²) >= 11 is 0. The van der Waals surface area contributed by atoms with Gasteiger partial charge in [0.25, 0.3) is 0 Å². The zero-order chi connectivity index (χ0) is 16.5. The first-order valence-corrected chi connectivity index (χ1v) is 8.09. The Morgan fingerprint density at radius 1 is 1.14 bits per heavy atom. The third-order valence-corrected chi connectivity index (χ3v) is 3.19. The number of amides is 2. The van der Waals surface area contributed by atoms with E-state index in [2.05, 4.69) is 0 Å². The maximum Gasteiger partial charge on any atom is 0.417 e. The molecule has 1 aliphatic rings. The second-order valence-corrected chi connectivity index (χ2v) is 6.09. The van der Waals surface area contributed by atoms with Crippen molar-refractivity contribution in [2.75, 3.05) is 13.1 Å². The van der Waals surface area contributed by atoms with Gasteiger partial charge in [0.15, 0.2) is 0 Å². The van der Waals surface area contributed by atoms with E-state index in [9.17, 15) is 9.59 Å². The summed E-state index contributed by atoms with van der Waals surface area (Å²) in [6, 6.07) is 0. The van der Waals surface area contributed by atoms with Gasteiger partial charge in [-0.05, 0) is 33.6 Å². The van der Waals surface area contributed by atoms with Gasteiger partial charge in [0.05, 0.1) is 0 Å². The van der Waals surface area contributed by atoms with Crippen molar-refractivity contribution in [1.29, 1.82) is 0 Å². The lowest BCUT2D eigenvalue weighted by Crippen LogP contribution is -2.46. The number of carbonyl (C=O) groups excluding carboxylic acids is 2. The second-order valence-electron chi connectivity index (χ2n) is 6.09. The molecule has 1 saturated carbocycles. The molecule has 1 rings (SSSR count). The van der Waals surface area contributed by atoms with Crippen LogP contribution in [0.3, 0.4) is 0 Å². The fourth-order valence-corrected chi connectivity index (χ4v) is 2.31. The minimum atomic E-state index is -0.600. The third kappa shape index (κ3) is 7.46. The molecule has 0 aliphatic heterocycles. The van der Waals surface area contributed by atoms with Crippen LogP contribution in [0.1, 0.15) is 66.7 Å². The monoisotopic (exact) mass is 300 g/mol. The van der Waals surface area contributed by atoms with E-state index in [-0.39, 0.29) is 24.9 Å². The van der Waals surface area contributed by atoms with E-state index >= 15 is 0 Å². The van der Waals surface area contributed by atoms with E-state index in [0.29, 0.717) is 0 Å². The molecule has 0 saturated heterocycles. The lowest BCUT2D eigenvalue weighted by atomic mass is 9.88. The third-order valence-electron chi connectivity index (χ3n) is 3.19. The van der Waals surface area contributed by atoms with E-state index in [1.54, 1.807) is 20.8 Å². The number of ether oxygens (including phenoxy) is 1. The quantitative estimate of drug-likeness (QED) is 0.867. The minimum Gasteiger partial charge on any atom is -0.443 e. The van der Waals surface area contributed by atoms with Crippen LogP contribution in [-0.2, 0) is 9.53 Å². The van der Waals surface area contributed by atoms with Gasteiger partial charge in [-0.3, -0.25) is 4.79 Å². The van der Waals surface area contributed by atoms with Crippen molar-refractivity contribution < 1.29 is 14.3 Å². The Hall–Kier alpha value is -1.10. The Balaban J connectivity index is 0.00000191. The summed E-state index contributed by atoms with van der Waals surface area (Å²) in [5, 5.41) is 0. The fourth-order valence-electron chi connectivity index (χ4n) is 2.31. The van der Waals surface area contributed by atoms with Gasteiger partial charge in [-0.2, -0.15) is 0 Å². The zero-order valence-corrected chi connectivity index (χ0v) is 14.3. The summed E-state index contributed by atoms with van der Waals surface area (Å²) in [7, 11) is 0. The summed E-state index contributed by atoms with van der Waals surface area (Å²) in [6.07, 6.45) is 4.44. The minimum absolute atomic E-state index is 0.0483. The number of hydrogen-bond donors (Lipinski definition) is 1. The normalized spacial score (nSPS) is 15.7. The molecule has 0 aromatic heterocycles. The lowest BCUT2D eigenvalue weighted by Gasteiger charge is -2.29. The van der Waals surface area contributed by atoms with Crippen LogP contribution in [0, 0.1) is 5.92 Å². The molecule has 1 fully saturated rings. The molecular weight excluding hydrogens is 268 g/mol. The molecule has 0 atom stereocenters. The van der Waals surface area contributed by atoms with E-state index < -0.39 is 11.7 Å². The number of hydrogen-bond acceptors (Lipinski definition) is 4. The molecule has 2 N–H and O–H groups in total. The van der Waals surface area contributed by atoms with Gasteiger partial charge in [0.2, 0.25) is 5.91 Å². The average Bonchev–Trinajstić information content (AvgIpc) is 2.45. The molecule has 21 heavy (non-hydrogen) atoms. The molecule has 0 heterocycles. The Labute approximate surface area is 129 Å². The molecule has 0 unspecified atom stereocenters. The predicted molar refractivity (Wildman–Crippen MR) is 84.9 cm³/mol. The summed E-state index contributed by atoms with van der Waals surface area (Å²) < 4.78 is 5.27. The number of rotatable bonds is 3. The van der Waals surface area contributed by atoms with Crippen molar-refractivity contribution in [1.82, 2.24) is 4.90 Å². The van der Waals surface area contributed by atoms with E-state index in [1.165, 1.54) is 11.3 Å². The highest BCUT2D eigenvalue weighted by Gasteiger charge is 2.32. The van der Waals surface area contributed by atoms with Crippen molar-refractivity contribution >= 4 is 12.0 Å². The largest absolute Gasteiger partial charge is 0.443 e. The Kier molecular flexibility index (Phi) is 9.26. The van der Waals surface area contributed by atoms with Gasteiger partial charge in [-0.1, -0.05) is 33.1 Å². The zero-order valence-electron chi connectivity index (χ0n) is 14.3. The Morgan fingerprint density at radius 3 is 2.10 bits per heavy atom. The molecule has 5 nitrogen and oxygen atoms in total. The Bertz CT molecular complexity index is 318. The first-order chi connectivity index (χ1) is 9.85. The van der Waals surface area contributed by atoms with Crippen LogP contribution in [-0.4, -0.2) is 35.6 Å². The predicted octanol–water partition coefficient (Wildman–Crippen LogP) is 3.32. The van der Waals surface area contributed by atoms with Crippen LogP contribution >= 0.6 is 0 Å². The number of imide groups is 1. The maximum atomic E-state index is 12.4. The van der Waals surface area contributed by atoms with Crippen molar-refractivity contribution in [3.63, 3.8) is 0 Å². The molecule has 5 heteroatoms. The summed E-state index contributed by atoms with van der Waals surface area (Å²) in [5.41, 5.74) is 4.90. The van der Waals surface area contributed by atoms with Crippen molar-refractivity contribution in [2.24, 2.45) is 11.7 Å². The van der Waals surface area contributed by atoms with E-state index in [4.69, 9.17) is 10.5 Å². The summed E-state index contributed by atoms with van der Waals surface area (Å²) in [4.78, 5) is 25.6. The summed E-state index contributed by atoms with van der Waals surface area (Å²) in [5.74, 6) is -0.174. The van der Waals surface area contributed by atoms with Crippen LogP contribution in [0.15, 0.2) is 0 Å². The second kappa shape index (κ2) is 9.77. The highest BCUT2D eigenvalue weighted by molar-refractivity contribution is 5.93.